The first-order chi connectivity index (χ1) is 28.4. The lowest BCUT2D eigenvalue weighted by Crippen LogP contribution is -2.55. The Morgan fingerprint density at radius 3 is 1.56 bits per heavy atom. The summed E-state index contributed by atoms with van der Waals surface area (Å²) in [4.78, 5) is 5.00. The normalized spacial score (nSPS) is 11.6. The molecule has 1 heterocycles. The van der Waals surface area contributed by atoms with Gasteiger partial charge < -0.3 is 20.4 Å². The first-order valence-electron chi connectivity index (χ1n) is 19.1. The van der Waals surface area contributed by atoms with Gasteiger partial charge in [0.15, 0.2) is 11.5 Å². The molecule has 0 bridgehead atoms. The zero-order chi connectivity index (χ0) is 41.4. The zero-order valence-corrected chi connectivity index (χ0v) is 32.2. The predicted octanol–water partition coefficient (Wildman–Crippen LogP) is 5.66. The van der Waals surface area contributed by atoms with Gasteiger partial charge in [-0.2, -0.15) is 0 Å². The van der Waals surface area contributed by atoms with Crippen LogP contribution in [0.5, 0.6) is 23.0 Å². The van der Waals surface area contributed by atoms with Crippen molar-refractivity contribution >= 4 is 99.1 Å². The van der Waals surface area contributed by atoms with Crippen LogP contribution in [0, 0.1) is 6.92 Å². The summed E-state index contributed by atoms with van der Waals surface area (Å²) < 4.78 is 2.24. The van der Waals surface area contributed by atoms with Gasteiger partial charge in [-0.15, -0.1) is 16.4 Å². The van der Waals surface area contributed by atoms with E-state index in [1.807, 2.05) is 60.7 Å². The maximum atomic E-state index is 11.5. The molecule has 59 heavy (non-hydrogen) atoms. The Labute approximate surface area is 347 Å². The fraction of sp³-hybridized carbons (Fsp3) is 0.0625. The highest BCUT2D eigenvalue weighted by atomic mass is 16.3. The topological polar surface area (TPSA) is 98.7 Å². The number of imidazole rings is 1. The van der Waals surface area contributed by atoms with Crippen molar-refractivity contribution in [1.82, 2.24) is 9.55 Å². The molecule has 0 aliphatic carbocycles. The number of phenolic OH excluding ortho intramolecular Hbond substituents is 4. The average Bonchev–Trinajstić information content (AvgIpc) is 3.64. The Kier molecular flexibility index (Phi) is 9.15. The number of fused-ring (bicyclic) bond motifs is 3. The molecule has 4 N–H and O–H groups in total. The van der Waals surface area contributed by atoms with E-state index in [1.165, 1.54) is 6.92 Å². The molecule has 9 aromatic rings. The molecule has 0 saturated heterocycles. The van der Waals surface area contributed by atoms with Crippen LogP contribution in [0.2, 0.25) is 0 Å². The number of aromatic nitrogens is 2. The van der Waals surface area contributed by atoms with E-state index < -0.39 is 23.0 Å². The molecular weight excluding hydrogens is 723 g/mol. The standard InChI is InChI=1S/C48H31B5N2O4/c1-3-35-54-32-17-9-11-19-34(32)55(35)33-18-10-8-16-31(33)39-29-14-6-4-12-27(29)36(28-13-5-7-15-30(28)39)24-20-25(37-40(49)42(51)44(53)43(52)41(37)50)22-26(21-24)38-45(56)23(2)46(57)48(59)47(38)58/h4-22,56-59H,3H2,1-2H3. The number of aryl methyl sites for hydroxylation is 1. The van der Waals surface area contributed by atoms with Gasteiger partial charge in [0, 0.05) is 17.5 Å². The van der Waals surface area contributed by atoms with Gasteiger partial charge in [0.25, 0.3) is 0 Å². The summed E-state index contributed by atoms with van der Waals surface area (Å²) in [7, 11) is 32.2. The third-order valence-electron chi connectivity index (χ3n) is 11.4. The molecule has 0 saturated carbocycles. The van der Waals surface area contributed by atoms with Gasteiger partial charge in [-0.05, 0) is 98.2 Å². The van der Waals surface area contributed by atoms with Gasteiger partial charge in [0.1, 0.15) is 50.8 Å². The fourth-order valence-corrected chi connectivity index (χ4v) is 8.51. The Balaban J connectivity index is 1.41. The third kappa shape index (κ3) is 5.74. The molecule has 0 atom stereocenters. The fourth-order valence-electron chi connectivity index (χ4n) is 8.51. The Morgan fingerprint density at radius 2 is 0.966 bits per heavy atom. The monoisotopic (exact) mass is 754 g/mol. The number of rotatable bonds is 6. The number of phenols is 4. The lowest BCUT2D eigenvalue weighted by Gasteiger charge is -2.24. The molecule has 1 aromatic heterocycles. The highest BCUT2D eigenvalue weighted by Gasteiger charge is 2.26. The molecule has 272 valence electrons. The van der Waals surface area contributed by atoms with E-state index in [-0.39, 0.29) is 44.0 Å². The third-order valence-corrected chi connectivity index (χ3v) is 11.4. The molecule has 0 fully saturated rings. The minimum atomic E-state index is -0.780. The van der Waals surface area contributed by atoms with Crippen LogP contribution >= 0.6 is 0 Å². The summed E-state index contributed by atoms with van der Waals surface area (Å²) in [5.41, 5.74) is 7.65. The SMILES string of the molecule is [B]c1c([B])c([B])c(-c2cc(-c3c(O)c(C)c(O)c(O)c3O)cc(-c3c4ccccc4c(-c4ccccc4-n4c(CC)nc5ccccc54)c4ccccc34)c2)c([B])c1[B]. The van der Waals surface area contributed by atoms with Crippen LogP contribution in [0.15, 0.2) is 115 Å². The number of aromatic hydroxyl groups is 4. The lowest BCUT2D eigenvalue weighted by molar-refractivity contribution is 0.360. The van der Waals surface area contributed by atoms with Crippen molar-refractivity contribution in [2.45, 2.75) is 20.3 Å². The highest BCUT2D eigenvalue weighted by Crippen LogP contribution is 2.53. The molecule has 9 rings (SSSR count). The lowest BCUT2D eigenvalue weighted by atomic mass is 9.59. The maximum absolute atomic E-state index is 11.5. The molecule has 0 unspecified atom stereocenters. The first-order valence-corrected chi connectivity index (χ1v) is 19.1. The van der Waals surface area contributed by atoms with Crippen LogP contribution in [0.25, 0.3) is 82.8 Å². The van der Waals surface area contributed by atoms with Gasteiger partial charge >= 0.3 is 0 Å². The highest BCUT2D eigenvalue weighted by molar-refractivity contribution is 6.68. The van der Waals surface area contributed by atoms with Crippen molar-refractivity contribution < 1.29 is 20.4 Å². The van der Waals surface area contributed by atoms with Crippen LogP contribution in [-0.2, 0) is 6.42 Å². The van der Waals surface area contributed by atoms with Gasteiger partial charge in [0.05, 0.1) is 22.3 Å². The van der Waals surface area contributed by atoms with Crippen molar-refractivity contribution in [2.24, 2.45) is 0 Å². The van der Waals surface area contributed by atoms with E-state index in [4.69, 9.17) is 44.2 Å². The average molecular weight is 754 g/mol. The molecule has 0 spiro atoms. The smallest absolute Gasteiger partial charge is 0.201 e. The van der Waals surface area contributed by atoms with Crippen molar-refractivity contribution in [2.75, 3.05) is 0 Å². The van der Waals surface area contributed by atoms with Crippen molar-refractivity contribution in [3.63, 3.8) is 0 Å². The van der Waals surface area contributed by atoms with E-state index in [2.05, 4.69) is 54.0 Å². The quantitative estimate of drug-likeness (QED) is 0.0761. The molecule has 11 heteroatoms. The van der Waals surface area contributed by atoms with Gasteiger partial charge in [0.2, 0.25) is 5.75 Å². The van der Waals surface area contributed by atoms with E-state index in [0.29, 0.717) is 16.7 Å². The van der Waals surface area contributed by atoms with Gasteiger partial charge in [-0.1, -0.05) is 96.7 Å². The minimum Gasteiger partial charge on any atom is -0.507 e. The Hall–Kier alpha value is -6.73. The summed E-state index contributed by atoms with van der Waals surface area (Å²) in [5.74, 6) is -1.63. The molecule has 8 aromatic carbocycles. The predicted molar refractivity (Wildman–Crippen MR) is 246 cm³/mol. The molecule has 0 amide bonds. The molecule has 10 radical (unpaired) electrons. The van der Waals surface area contributed by atoms with Crippen LogP contribution < -0.4 is 27.3 Å². The summed E-state index contributed by atoms with van der Waals surface area (Å²) >= 11 is 0. The molecule has 6 nitrogen and oxygen atoms in total. The number of benzene rings is 8. The van der Waals surface area contributed by atoms with Crippen LogP contribution in [-0.4, -0.2) is 69.2 Å². The summed E-state index contributed by atoms with van der Waals surface area (Å²) in [5, 5.41) is 47.9. The summed E-state index contributed by atoms with van der Waals surface area (Å²) in [6.07, 6.45) is 0.728. The van der Waals surface area contributed by atoms with E-state index in [9.17, 15) is 20.4 Å². The van der Waals surface area contributed by atoms with Crippen LogP contribution in [0.4, 0.5) is 0 Å². The minimum absolute atomic E-state index is 0.0296. The van der Waals surface area contributed by atoms with E-state index in [1.54, 1.807) is 12.1 Å². The molecule has 0 aliphatic rings. The van der Waals surface area contributed by atoms with Crippen molar-refractivity contribution in [3.8, 4) is 73.2 Å². The number of nitrogens with zero attached hydrogens (tertiary/aromatic N) is 2. The van der Waals surface area contributed by atoms with Gasteiger partial charge in [-0.25, -0.2) is 4.98 Å². The second kappa shape index (κ2) is 14.3. The Bertz CT molecular complexity index is 3030. The Morgan fingerprint density at radius 1 is 0.492 bits per heavy atom. The largest absolute Gasteiger partial charge is 0.507 e. The van der Waals surface area contributed by atoms with Crippen LogP contribution in [0.3, 0.4) is 0 Å². The maximum Gasteiger partial charge on any atom is 0.201 e. The van der Waals surface area contributed by atoms with E-state index >= 15 is 0 Å². The zero-order valence-electron chi connectivity index (χ0n) is 32.2. The van der Waals surface area contributed by atoms with Crippen molar-refractivity contribution in [3.05, 3.63) is 127 Å². The number of para-hydroxylation sites is 3. The van der Waals surface area contributed by atoms with E-state index in [0.717, 1.165) is 67.2 Å². The molecular formula is C48H31B5N2O4. The second-order valence-electron chi connectivity index (χ2n) is 14.7. The summed E-state index contributed by atoms with van der Waals surface area (Å²) in [6.45, 7) is 3.54. The number of hydrogen-bond donors (Lipinski definition) is 4. The van der Waals surface area contributed by atoms with Crippen molar-refractivity contribution in [1.29, 1.82) is 0 Å². The van der Waals surface area contributed by atoms with Crippen LogP contribution in [0.1, 0.15) is 18.3 Å². The first kappa shape index (κ1) is 37.8. The van der Waals surface area contributed by atoms with Gasteiger partial charge in [-0.3, -0.25) is 4.57 Å². The second-order valence-corrected chi connectivity index (χ2v) is 14.7. The molecule has 0 aliphatic heterocycles. The number of hydrogen-bond acceptors (Lipinski definition) is 5. The summed E-state index contributed by atoms with van der Waals surface area (Å²) in [6, 6.07) is 38.2.